The van der Waals surface area contributed by atoms with Crippen LogP contribution >= 0.6 is 11.8 Å². The molecule has 0 saturated heterocycles. The quantitative estimate of drug-likeness (QED) is 0.245. The number of hydrogen-bond acceptors (Lipinski definition) is 4. The number of amides is 1. The molecule has 5 nitrogen and oxygen atoms in total. The number of benzene rings is 3. The summed E-state index contributed by atoms with van der Waals surface area (Å²) in [7, 11) is 0. The Hall–Kier alpha value is -3.85. The molecule has 3 aromatic carbocycles. The van der Waals surface area contributed by atoms with E-state index in [-0.39, 0.29) is 23.4 Å². The van der Waals surface area contributed by atoms with Crippen molar-refractivity contribution in [3.63, 3.8) is 0 Å². The van der Waals surface area contributed by atoms with E-state index in [2.05, 4.69) is 5.32 Å². The maximum Gasteiger partial charge on any atom is 0.416 e. The largest absolute Gasteiger partial charge is 0.481 e. The number of carbonyl (C=O) groups is 3. The molecule has 0 aliphatic rings. The van der Waals surface area contributed by atoms with Gasteiger partial charge in [-0.05, 0) is 53.5 Å². The van der Waals surface area contributed by atoms with E-state index < -0.39 is 35.3 Å². The number of alkyl halides is 3. The Morgan fingerprint density at radius 1 is 0.923 bits per heavy atom. The number of carbonyl (C=O) groups excluding carboxylic acids is 2. The van der Waals surface area contributed by atoms with Crippen LogP contribution in [0.1, 0.15) is 46.0 Å². The molecule has 2 N–H and O–H groups in total. The Kier molecular flexibility index (Phi) is 10.5. The minimum Gasteiger partial charge on any atom is -0.481 e. The number of ketones is 1. The van der Waals surface area contributed by atoms with Gasteiger partial charge >= 0.3 is 12.1 Å². The summed E-state index contributed by atoms with van der Waals surface area (Å²) in [6, 6.07) is 20.4. The van der Waals surface area contributed by atoms with Crippen LogP contribution in [-0.2, 0) is 27.9 Å². The van der Waals surface area contributed by atoms with Gasteiger partial charge in [-0.15, -0.1) is 0 Å². The highest BCUT2D eigenvalue weighted by Crippen LogP contribution is 2.29. The molecule has 3 rings (SSSR count). The van der Waals surface area contributed by atoms with Gasteiger partial charge in [0.15, 0.2) is 5.78 Å². The number of halogens is 3. The molecule has 1 atom stereocenters. The zero-order chi connectivity index (χ0) is 28.4. The molecule has 3 aromatic rings. The van der Waals surface area contributed by atoms with Crippen LogP contribution in [0.4, 0.5) is 13.2 Å². The molecule has 0 aromatic heterocycles. The Labute approximate surface area is 229 Å². The Morgan fingerprint density at radius 2 is 1.56 bits per heavy atom. The maximum atomic E-state index is 13.3. The monoisotopic (exact) mass is 555 g/mol. The first-order valence-electron chi connectivity index (χ1n) is 12.2. The molecule has 9 heteroatoms. The van der Waals surface area contributed by atoms with Gasteiger partial charge in [-0.25, -0.2) is 0 Å². The van der Waals surface area contributed by atoms with Gasteiger partial charge < -0.3 is 10.4 Å². The van der Waals surface area contributed by atoms with Crippen molar-refractivity contribution in [1.29, 1.82) is 0 Å². The molecule has 0 aliphatic heterocycles. The Bertz CT molecular complexity index is 1300. The predicted octanol–water partition coefficient (Wildman–Crippen LogP) is 6.63. The smallest absolute Gasteiger partial charge is 0.416 e. The van der Waals surface area contributed by atoms with Crippen molar-refractivity contribution in [1.82, 2.24) is 5.32 Å². The van der Waals surface area contributed by atoms with Crippen LogP contribution < -0.4 is 5.32 Å². The maximum absolute atomic E-state index is 13.3. The first-order valence-corrected chi connectivity index (χ1v) is 13.4. The highest BCUT2D eigenvalue weighted by molar-refractivity contribution is 7.98. The number of aryl methyl sites for hydroxylation is 1. The van der Waals surface area contributed by atoms with Crippen molar-refractivity contribution in [2.45, 2.75) is 31.7 Å². The lowest BCUT2D eigenvalue weighted by molar-refractivity contribution is -0.142. The molecule has 0 saturated carbocycles. The van der Waals surface area contributed by atoms with Gasteiger partial charge in [-0.1, -0.05) is 61.5 Å². The number of hydrogen-bond donors (Lipinski definition) is 2. The average Bonchev–Trinajstić information content (AvgIpc) is 2.92. The molecule has 0 unspecified atom stereocenters. The van der Waals surface area contributed by atoms with E-state index in [1.165, 1.54) is 17.8 Å². The third kappa shape index (κ3) is 9.14. The lowest BCUT2D eigenvalue weighted by atomic mass is 10.0. The summed E-state index contributed by atoms with van der Waals surface area (Å²) in [5.41, 5.74) is 1.58. The molecule has 0 bridgehead atoms. The second-order valence-corrected chi connectivity index (χ2v) is 9.88. The van der Waals surface area contributed by atoms with Gasteiger partial charge in [0, 0.05) is 23.5 Å². The molecular weight excluding hydrogens is 527 g/mol. The average molecular weight is 556 g/mol. The number of rotatable bonds is 12. The van der Waals surface area contributed by atoms with E-state index in [1.54, 1.807) is 12.1 Å². The fraction of sp³-hybridized carbons (Fsp3) is 0.233. The highest BCUT2D eigenvalue weighted by atomic mass is 32.2. The van der Waals surface area contributed by atoms with Gasteiger partial charge in [0.1, 0.15) is 0 Å². The molecule has 0 spiro atoms. The van der Waals surface area contributed by atoms with Gasteiger partial charge in [-0.3, -0.25) is 14.4 Å². The SMILES string of the molecule is CCc1ccc(/C=C(/NC(=O)c2ccc(C(F)(F)F)cc2)C(=O)C[C@@H](CSCc2ccccc2)C(=O)O)cc1. The molecule has 0 heterocycles. The first kappa shape index (κ1) is 29.7. The molecule has 39 heavy (non-hydrogen) atoms. The summed E-state index contributed by atoms with van der Waals surface area (Å²) in [6.45, 7) is 1.99. The van der Waals surface area contributed by atoms with Crippen molar-refractivity contribution < 1.29 is 32.7 Å². The van der Waals surface area contributed by atoms with Crippen molar-refractivity contribution in [2.24, 2.45) is 5.92 Å². The standard InChI is InChI=1S/C30H28F3NO4S/c1-2-20-8-10-21(11-9-20)16-26(34-28(36)23-12-14-25(15-13-23)30(31,32)33)27(35)17-24(29(37)38)19-39-18-22-6-4-3-5-7-22/h3-16,24H,2,17-19H2,1H3,(H,34,36)(H,37,38)/b26-16+/t24-/m0/s1. The Morgan fingerprint density at radius 3 is 2.13 bits per heavy atom. The van der Waals surface area contributed by atoms with Gasteiger partial charge in [-0.2, -0.15) is 24.9 Å². The third-order valence-corrected chi connectivity index (χ3v) is 7.11. The van der Waals surface area contributed by atoms with Crippen LogP contribution in [0.2, 0.25) is 0 Å². The summed E-state index contributed by atoms with van der Waals surface area (Å²) in [4.78, 5) is 38.0. The summed E-state index contributed by atoms with van der Waals surface area (Å²) in [5.74, 6) is -2.75. The van der Waals surface area contributed by atoms with E-state index in [9.17, 15) is 32.7 Å². The van der Waals surface area contributed by atoms with Crippen molar-refractivity contribution in [2.75, 3.05) is 5.75 Å². The molecule has 1 amide bonds. The van der Waals surface area contributed by atoms with Gasteiger partial charge in [0.05, 0.1) is 17.2 Å². The third-order valence-electron chi connectivity index (χ3n) is 5.93. The number of carboxylic acid groups (broad SMARTS) is 1. The minimum atomic E-state index is -4.55. The van der Waals surface area contributed by atoms with Crippen molar-refractivity contribution >= 4 is 35.5 Å². The summed E-state index contributed by atoms with van der Waals surface area (Å²) in [6.07, 6.45) is -2.66. The Balaban J connectivity index is 1.79. The number of Topliss-reactive ketones (excluding diaryl/α,β-unsaturated/α-hetero) is 1. The number of thioether (sulfide) groups is 1. The number of allylic oxidation sites excluding steroid dienone is 1. The second-order valence-electron chi connectivity index (χ2n) is 8.85. The predicted molar refractivity (Wildman–Crippen MR) is 146 cm³/mol. The van der Waals surface area contributed by atoms with Crippen LogP contribution in [0.25, 0.3) is 6.08 Å². The molecule has 0 aliphatic carbocycles. The number of aliphatic carboxylic acids is 1. The first-order chi connectivity index (χ1) is 18.6. The van der Waals surface area contributed by atoms with Crippen molar-refractivity contribution in [3.8, 4) is 0 Å². The van der Waals surface area contributed by atoms with E-state index in [0.29, 0.717) is 11.3 Å². The van der Waals surface area contributed by atoms with Crippen LogP contribution in [0.15, 0.2) is 84.6 Å². The number of carboxylic acids is 1. The van der Waals surface area contributed by atoms with Crippen LogP contribution in [-0.4, -0.2) is 28.5 Å². The van der Waals surface area contributed by atoms with Crippen LogP contribution in [0.3, 0.4) is 0 Å². The van der Waals surface area contributed by atoms with Gasteiger partial charge in [0.25, 0.3) is 5.91 Å². The molecular formula is C30H28F3NO4S. The summed E-state index contributed by atoms with van der Waals surface area (Å²) in [5, 5.41) is 12.2. The molecule has 204 valence electrons. The molecule has 0 fully saturated rings. The van der Waals surface area contributed by atoms with E-state index in [4.69, 9.17) is 0 Å². The fourth-order valence-electron chi connectivity index (χ4n) is 3.65. The highest BCUT2D eigenvalue weighted by Gasteiger charge is 2.30. The van der Waals surface area contributed by atoms with E-state index in [0.717, 1.165) is 41.8 Å². The second kappa shape index (κ2) is 13.8. The van der Waals surface area contributed by atoms with Crippen LogP contribution in [0.5, 0.6) is 0 Å². The number of nitrogens with one attached hydrogen (secondary N) is 1. The topological polar surface area (TPSA) is 83.5 Å². The van der Waals surface area contributed by atoms with E-state index >= 15 is 0 Å². The van der Waals surface area contributed by atoms with Crippen molar-refractivity contribution in [3.05, 3.63) is 112 Å². The molecule has 0 radical (unpaired) electrons. The van der Waals surface area contributed by atoms with Gasteiger partial charge in [0.2, 0.25) is 0 Å². The van der Waals surface area contributed by atoms with E-state index in [1.807, 2.05) is 49.4 Å². The normalized spacial score (nSPS) is 12.6. The summed E-state index contributed by atoms with van der Waals surface area (Å²) < 4.78 is 38.7. The summed E-state index contributed by atoms with van der Waals surface area (Å²) >= 11 is 1.39. The minimum absolute atomic E-state index is 0.0729. The van der Waals surface area contributed by atoms with Crippen LogP contribution in [0, 0.1) is 5.92 Å². The lowest BCUT2D eigenvalue weighted by Crippen LogP contribution is -2.30. The zero-order valence-corrected chi connectivity index (χ0v) is 22.0. The lowest BCUT2D eigenvalue weighted by Gasteiger charge is -2.15. The zero-order valence-electron chi connectivity index (χ0n) is 21.2. The fourth-order valence-corrected chi connectivity index (χ4v) is 4.74.